The number of ether oxygens (including phenoxy) is 1. The molecule has 0 aromatic rings. The van der Waals surface area contributed by atoms with Crippen molar-refractivity contribution in [3.63, 3.8) is 0 Å². The van der Waals surface area contributed by atoms with Crippen molar-refractivity contribution in [2.75, 3.05) is 19.0 Å². The molecule has 0 heterocycles. The third-order valence-corrected chi connectivity index (χ3v) is 1.23. The third-order valence-electron chi connectivity index (χ3n) is 0.835. The summed E-state index contributed by atoms with van der Waals surface area (Å²) in [5.41, 5.74) is 5.22. The molecule has 0 rings (SSSR count). The van der Waals surface area contributed by atoms with Gasteiger partial charge in [-0.05, 0) is 0 Å². The Bertz CT molecular complexity index is 114. The van der Waals surface area contributed by atoms with Gasteiger partial charge in [0.25, 0.3) is 0 Å². The lowest BCUT2D eigenvalue weighted by Crippen LogP contribution is -2.34. The van der Waals surface area contributed by atoms with E-state index in [0.717, 1.165) is 0 Å². The molecule has 4 nitrogen and oxygen atoms in total. The smallest absolute Gasteiger partial charge is 0.323 e. The fourth-order valence-electron chi connectivity index (χ4n) is 0.328. The van der Waals surface area contributed by atoms with Crippen LogP contribution in [0.4, 0.5) is 0 Å². The van der Waals surface area contributed by atoms with Gasteiger partial charge in [-0.3, -0.25) is 4.79 Å². The molecule has 0 amide bonds. The average Bonchev–Trinajstić information content (AvgIpc) is 1.98. The number of hydrogen-bond acceptors (Lipinski definition) is 5. The number of carbonyl (C=O) groups excluding carboxylic acids is 1. The van der Waals surface area contributed by atoms with Crippen LogP contribution in [-0.4, -0.2) is 36.1 Å². The number of thiol groups is 1. The number of halogens is 1. The maximum atomic E-state index is 10.6. The van der Waals surface area contributed by atoms with Gasteiger partial charge in [0.05, 0.1) is 6.61 Å². The molecular weight excluding hydrogens is 190 g/mol. The third kappa shape index (κ3) is 6.43. The van der Waals surface area contributed by atoms with E-state index in [1.165, 1.54) is 0 Å². The maximum absolute atomic E-state index is 10.6. The molecule has 0 saturated heterocycles. The molecule has 0 aliphatic rings. The van der Waals surface area contributed by atoms with Crippen molar-refractivity contribution < 1.29 is 14.6 Å². The van der Waals surface area contributed by atoms with Crippen molar-refractivity contribution in [2.45, 2.75) is 6.04 Å². The fourth-order valence-corrected chi connectivity index (χ4v) is 0.477. The highest BCUT2D eigenvalue weighted by molar-refractivity contribution is 7.80. The van der Waals surface area contributed by atoms with Crippen LogP contribution in [0.3, 0.4) is 0 Å². The first-order valence-corrected chi connectivity index (χ1v) is 3.49. The standard InChI is InChI=1S/C5H11NO3S.ClH/c6-4(3-10)5(8)9-2-1-7;/h4,7,10H,1-3,6H2;1H. The van der Waals surface area contributed by atoms with Crippen LogP contribution in [0.1, 0.15) is 0 Å². The zero-order valence-corrected chi connectivity index (χ0v) is 7.61. The van der Waals surface area contributed by atoms with Gasteiger partial charge in [-0.1, -0.05) is 0 Å². The Hall–Kier alpha value is 0.0300. The quantitative estimate of drug-likeness (QED) is 0.412. The molecule has 0 aromatic carbocycles. The Morgan fingerprint density at radius 1 is 1.73 bits per heavy atom. The van der Waals surface area contributed by atoms with Gasteiger partial charge in [-0.2, -0.15) is 12.6 Å². The van der Waals surface area contributed by atoms with E-state index < -0.39 is 12.0 Å². The predicted molar refractivity (Wildman–Crippen MR) is 47.1 cm³/mol. The van der Waals surface area contributed by atoms with Crippen LogP contribution in [0.25, 0.3) is 0 Å². The Morgan fingerprint density at radius 3 is 2.64 bits per heavy atom. The minimum atomic E-state index is -0.685. The zero-order valence-electron chi connectivity index (χ0n) is 5.90. The molecule has 0 aromatic heterocycles. The number of esters is 1. The number of nitrogens with two attached hydrogens (primary N) is 1. The normalized spacial score (nSPS) is 11.5. The highest BCUT2D eigenvalue weighted by Gasteiger charge is 2.11. The van der Waals surface area contributed by atoms with E-state index in [4.69, 9.17) is 10.8 Å². The summed E-state index contributed by atoms with van der Waals surface area (Å²) in [7, 11) is 0. The van der Waals surface area contributed by atoms with Crippen LogP contribution in [0.15, 0.2) is 0 Å². The second-order valence-corrected chi connectivity index (χ2v) is 2.05. The minimum absolute atomic E-state index is 0. The Kier molecular flexibility index (Phi) is 10.1. The van der Waals surface area contributed by atoms with E-state index in [9.17, 15) is 4.79 Å². The second kappa shape index (κ2) is 8.13. The van der Waals surface area contributed by atoms with Crippen molar-refractivity contribution in [3.05, 3.63) is 0 Å². The maximum Gasteiger partial charge on any atom is 0.323 e. The monoisotopic (exact) mass is 201 g/mol. The lowest BCUT2D eigenvalue weighted by molar-refractivity contribution is -0.145. The van der Waals surface area contributed by atoms with E-state index >= 15 is 0 Å². The van der Waals surface area contributed by atoms with Gasteiger partial charge in [0.2, 0.25) is 0 Å². The van der Waals surface area contributed by atoms with Crippen molar-refractivity contribution in [3.8, 4) is 0 Å². The zero-order chi connectivity index (χ0) is 7.98. The van der Waals surface area contributed by atoms with Crippen LogP contribution < -0.4 is 5.73 Å². The first kappa shape index (κ1) is 13.6. The fraction of sp³-hybridized carbons (Fsp3) is 0.800. The lowest BCUT2D eigenvalue weighted by Gasteiger charge is -2.06. The van der Waals surface area contributed by atoms with Gasteiger partial charge >= 0.3 is 5.97 Å². The molecule has 0 spiro atoms. The molecule has 68 valence electrons. The van der Waals surface area contributed by atoms with E-state index in [2.05, 4.69) is 17.4 Å². The van der Waals surface area contributed by atoms with Crippen LogP contribution in [0.2, 0.25) is 0 Å². The topological polar surface area (TPSA) is 72.6 Å². The van der Waals surface area contributed by atoms with E-state index in [0.29, 0.717) is 0 Å². The summed E-state index contributed by atoms with van der Waals surface area (Å²) in [4.78, 5) is 10.6. The number of carbonyl (C=O) groups is 1. The SMILES string of the molecule is Cl.NC(CS)C(=O)OCCO. The van der Waals surface area contributed by atoms with E-state index in [1.807, 2.05) is 0 Å². The molecule has 6 heteroatoms. The predicted octanol–water partition coefficient (Wildman–Crippen LogP) is -0.799. The van der Waals surface area contributed by atoms with Gasteiger partial charge < -0.3 is 15.6 Å². The van der Waals surface area contributed by atoms with Gasteiger partial charge in [-0.15, -0.1) is 12.4 Å². The largest absolute Gasteiger partial charge is 0.462 e. The average molecular weight is 202 g/mol. The van der Waals surface area contributed by atoms with Crippen molar-refractivity contribution in [2.24, 2.45) is 5.73 Å². The molecule has 0 saturated carbocycles. The second-order valence-electron chi connectivity index (χ2n) is 1.68. The van der Waals surface area contributed by atoms with Crippen LogP contribution >= 0.6 is 25.0 Å². The summed E-state index contributed by atoms with van der Waals surface area (Å²) in [6.45, 7) is -0.175. The van der Waals surface area contributed by atoms with Crippen molar-refractivity contribution in [1.82, 2.24) is 0 Å². The van der Waals surface area contributed by atoms with E-state index in [1.54, 1.807) is 0 Å². The first-order valence-electron chi connectivity index (χ1n) is 2.86. The van der Waals surface area contributed by atoms with Crippen LogP contribution in [-0.2, 0) is 9.53 Å². The number of aliphatic hydroxyl groups is 1. The highest BCUT2D eigenvalue weighted by Crippen LogP contribution is 1.87. The Balaban J connectivity index is 0. The molecule has 1 unspecified atom stereocenters. The summed E-state index contributed by atoms with van der Waals surface area (Å²) >= 11 is 3.79. The summed E-state index contributed by atoms with van der Waals surface area (Å²) in [5, 5.41) is 8.23. The summed E-state index contributed by atoms with van der Waals surface area (Å²) < 4.78 is 4.48. The number of rotatable bonds is 4. The number of aliphatic hydroxyl groups excluding tert-OH is 1. The summed E-state index contributed by atoms with van der Waals surface area (Å²) in [6.07, 6.45) is 0. The van der Waals surface area contributed by atoms with E-state index in [-0.39, 0.29) is 31.4 Å². The van der Waals surface area contributed by atoms with Crippen molar-refractivity contribution >= 4 is 31.0 Å². The Labute approximate surface area is 76.9 Å². The van der Waals surface area contributed by atoms with Gasteiger partial charge in [0, 0.05) is 5.75 Å². The molecule has 0 aliphatic heterocycles. The first-order chi connectivity index (χ1) is 4.72. The van der Waals surface area contributed by atoms with Gasteiger partial charge in [-0.25, -0.2) is 0 Å². The molecule has 3 N–H and O–H groups in total. The molecular formula is C5H12ClNO3S. The molecule has 0 bridgehead atoms. The molecule has 0 fully saturated rings. The van der Waals surface area contributed by atoms with Crippen LogP contribution in [0, 0.1) is 0 Å². The number of hydrogen-bond donors (Lipinski definition) is 3. The Morgan fingerprint density at radius 2 is 2.27 bits per heavy atom. The van der Waals surface area contributed by atoms with Crippen LogP contribution in [0.5, 0.6) is 0 Å². The highest BCUT2D eigenvalue weighted by atomic mass is 35.5. The summed E-state index contributed by atoms with van der Waals surface area (Å²) in [5.74, 6) is -0.270. The van der Waals surface area contributed by atoms with Gasteiger partial charge in [0.1, 0.15) is 12.6 Å². The molecule has 0 radical (unpaired) electrons. The molecule has 11 heavy (non-hydrogen) atoms. The lowest BCUT2D eigenvalue weighted by atomic mass is 10.4. The van der Waals surface area contributed by atoms with Crippen molar-refractivity contribution in [1.29, 1.82) is 0 Å². The van der Waals surface area contributed by atoms with Gasteiger partial charge in [0.15, 0.2) is 0 Å². The summed E-state index contributed by atoms with van der Waals surface area (Å²) in [6, 6.07) is -0.685. The molecule has 0 aliphatic carbocycles. The minimum Gasteiger partial charge on any atom is -0.462 e. The molecule has 1 atom stereocenters.